The van der Waals surface area contributed by atoms with E-state index in [1.807, 2.05) is 72.0 Å². The van der Waals surface area contributed by atoms with Gasteiger partial charge in [-0.3, -0.25) is 9.69 Å². The normalized spacial score (nSPS) is 15.3. The molecule has 186 valence electrons. The molecule has 35 heavy (non-hydrogen) atoms. The highest BCUT2D eigenvalue weighted by atomic mass is 16.5. The van der Waals surface area contributed by atoms with Crippen LogP contribution in [-0.2, 0) is 11.8 Å². The van der Waals surface area contributed by atoms with Crippen LogP contribution in [0.15, 0.2) is 48.5 Å². The lowest BCUT2D eigenvalue weighted by atomic mass is 10.1. The van der Waals surface area contributed by atoms with Gasteiger partial charge in [-0.15, -0.1) is 0 Å². The summed E-state index contributed by atoms with van der Waals surface area (Å²) in [5.74, 6) is 0.284. The minimum atomic E-state index is -0.677. The van der Waals surface area contributed by atoms with Crippen molar-refractivity contribution in [3.63, 3.8) is 0 Å². The first-order valence-electron chi connectivity index (χ1n) is 12.0. The van der Waals surface area contributed by atoms with Crippen LogP contribution < -0.4 is 4.74 Å². The second-order valence-corrected chi connectivity index (χ2v) is 8.84. The van der Waals surface area contributed by atoms with Gasteiger partial charge in [0.1, 0.15) is 18.5 Å². The van der Waals surface area contributed by atoms with Crippen LogP contribution >= 0.6 is 0 Å². The third-order valence-electron chi connectivity index (χ3n) is 6.53. The van der Waals surface area contributed by atoms with Crippen LogP contribution in [0.3, 0.4) is 0 Å². The second-order valence-electron chi connectivity index (χ2n) is 8.84. The van der Waals surface area contributed by atoms with Crippen molar-refractivity contribution in [2.45, 2.75) is 20.0 Å². The number of amides is 1. The lowest BCUT2D eigenvalue weighted by Crippen LogP contribution is -2.50. The number of ether oxygens (including phenoxy) is 2. The van der Waals surface area contributed by atoms with Gasteiger partial charge in [0.25, 0.3) is 5.91 Å². The Hall–Kier alpha value is -3.36. The van der Waals surface area contributed by atoms with Crippen LogP contribution in [0.5, 0.6) is 5.75 Å². The zero-order valence-corrected chi connectivity index (χ0v) is 20.6. The first-order chi connectivity index (χ1) is 16.9. The fourth-order valence-electron chi connectivity index (χ4n) is 4.54. The number of rotatable bonds is 8. The molecule has 1 N–H and O–H groups in total. The monoisotopic (exact) mass is 479 g/mol. The summed E-state index contributed by atoms with van der Waals surface area (Å²) < 4.78 is 13.1. The molecule has 1 atom stereocenters. The molecule has 4 rings (SSSR count). The molecule has 1 aliphatic rings. The van der Waals surface area contributed by atoms with Crippen molar-refractivity contribution >= 4 is 22.8 Å². The van der Waals surface area contributed by atoms with Gasteiger partial charge in [0.15, 0.2) is 0 Å². The first-order valence-corrected chi connectivity index (χ1v) is 12.0. The molecule has 0 bridgehead atoms. The van der Waals surface area contributed by atoms with E-state index in [9.17, 15) is 14.7 Å². The van der Waals surface area contributed by atoms with E-state index in [1.165, 1.54) is 0 Å². The molecule has 1 aromatic heterocycles. The highest BCUT2D eigenvalue weighted by Gasteiger charge is 2.24. The van der Waals surface area contributed by atoms with Gasteiger partial charge >= 0.3 is 5.97 Å². The highest BCUT2D eigenvalue weighted by Crippen LogP contribution is 2.29. The lowest BCUT2D eigenvalue weighted by molar-refractivity contribution is 0.0403. The quantitative estimate of drug-likeness (QED) is 0.500. The van der Waals surface area contributed by atoms with Crippen LogP contribution in [0.25, 0.3) is 10.9 Å². The number of aliphatic hydroxyl groups excluding tert-OH is 1. The number of hydrogen-bond acceptors (Lipinski definition) is 6. The number of fused-ring (bicyclic) bond motifs is 1. The Morgan fingerprint density at radius 1 is 1.06 bits per heavy atom. The number of piperazine rings is 1. The topological polar surface area (TPSA) is 84.2 Å². The van der Waals surface area contributed by atoms with Gasteiger partial charge in [-0.1, -0.05) is 18.2 Å². The molecule has 2 aromatic carbocycles. The predicted molar refractivity (Wildman–Crippen MR) is 134 cm³/mol. The second kappa shape index (κ2) is 10.9. The number of carbonyl (C=O) groups excluding carboxylic acids is 2. The Morgan fingerprint density at radius 2 is 1.77 bits per heavy atom. The zero-order chi connectivity index (χ0) is 24.9. The molecule has 0 spiro atoms. The molecule has 2 heterocycles. The SMILES string of the molecule is CCOC(=O)c1c(C)n(C)c2ccc(OC[C@@H](O)CN3CCN(C(=O)c4ccccc4)CC3)cc12. The fourth-order valence-corrected chi connectivity index (χ4v) is 4.54. The molecule has 0 unspecified atom stereocenters. The van der Waals surface area contributed by atoms with E-state index < -0.39 is 6.10 Å². The van der Waals surface area contributed by atoms with Gasteiger partial charge in [0.2, 0.25) is 0 Å². The number of nitrogens with zero attached hydrogens (tertiary/aromatic N) is 3. The third-order valence-corrected chi connectivity index (χ3v) is 6.53. The first kappa shape index (κ1) is 24.8. The minimum Gasteiger partial charge on any atom is -0.491 e. The van der Waals surface area contributed by atoms with Crippen molar-refractivity contribution in [1.29, 1.82) is 0 Å². The number of aliphatic hydroxyl groups is 1. The summed E-state index contributed by atoms with van der Waals surface area (Å²) in [5.41, 5.74) is 2.99. The summed E-state index contributed by atoms with van der Waals surface area (Å²) >= 11 is 0. The summed E-state index contributed by atoms with van der Waals surface area (Å²) in [4.78, 5) is 29.1. The Bertz CT molecular complexity index is 1180. The molecule has 1 aliphatic heterocycles. The molecule has 1 amide bonds. The third kappa shape index (κ3) is 5.49. The maximum Gasteiger partial charge on any atom is 0.340 e. The minimum absolute atomic E-state index is 0.0443. The molecule has 1 fully saturated rings. The van der Waals surface area contributed by atoms with E-state index >= 15 is 0 Å². The van der Waals surface area contributed by atoms with E-state index in [0.29, 0.717) is 56.2 Å². The van der Waals surface area contributed by atoms with Crippen molar-refractivity contribution in [1.82, 2.24) is 14.4 Å². The van der Waals surface area contributed by atoms with E-state index in [2.05, 4.69) is 4.90 Å². The van der Waals surface area contributed by atoms with Crippen molar-refractivity contribution in [2.24, 2.45) is 7.05 Å². The molecule has 0 saturated carbocycles. The highest BCUT2D eigenvalue weighted by molar-refractivity contribution is 6.06. The fraction of sp³-hybridized carbons (Fsp3) is 0.407. The van der Waals surface area contributed by atoms with Gasteiger partial charge in [-0.05, 0) is 44.2 Å². The molecular weight excluding hydrogens is 446 g/mol. The van der Waals surface area contributed by atoms with Gasteiger partial charge in [-0.25, -0.2) is 4.79 Å². The average Bonchev–Trinajstić information content (AvgIpc) is 3.12. The Labute approximate surface area is 205 Å². The number of benzene rings is 2. The maximum atomic E-state index is 12.6. The molecular formula is C27H33N3O5. The van der Waals surface area contributed by atoms with E-state index in [-0.39, 0.29) is 18.5 Å². The van der Waals surface area contributed by atoms with Gasteiger partial charge in [-0.2, -0.15) is 0 Å². The Kier molecular flexibility index (Phi) is 7.73. The van der Waals surface area contributed by atoms with Crippen molar-refractivity contribution in [3.8, 4) is 5.75 Å². The predicted octanol–water partition coefficient (Wildman–Crippen LogP) is 2.86. The molecule has 8 nitrogen and oxygen atoms in total. The summed E-state index contributed by atoms with van der Waals surface area (Å²) in [6.07, 6.45) is -0.677. The number of carbonyl (C=O) groups is 2. The van der Waals surface area contributed by atoms with Crippen LogP contribution in [0.1, 0.15) is 33.3 Å². The lowest BCUT2D eigenvalue weighted by Gasteiger charge is -2.35. The molecule has 3 aromatic rings. The van der Waals surface area contributed by atoms with E-state index in [0.717, 1.165) is 16.6 Å². The van der Waals surface area contributed by atoms with Gasteiger partial charge in [0.05, 0.1) is 12.2 Å². The van der Waals surface area contributed by atoms with Crippen molar-refractivity contribution in [2.75, 3.05) is 45.9 Å². The Morgan fingerprint density at radius 3 is 2.46 bits per heavy atom. The molecule has 0 aliphatic carbocycles. The number of esters is 1. The summed E-state index contributed by atoms with van der Waals surface area (Å²) in [6.45, 7) is 7.25. The zero-order valence-electron chi connectivity index (χ0n) is 20.6. The van der Waals surface area contributed by atoms with Crippen LogP contribution in [0, 0.1) is 6.92 Å². The molecule has 1 saturated heterocycles. The standard InChI is InChI=1S/C27H33N3O5/c1-4-34-27(33)25-19(2)28(3)24-11-10-22(16-23(24)25)35-18-21(31)17-29-12-14-30(15-13-29)26(32)20-8-6-5-7-9-20/h5-11,16,21,31H,4,12-15,17-18H2,1-3H3/t21-/m0/s1. The van der Waals surface area contributed by atoms with Crippen molar-refractivity contribution in [3.05, 3.63) is 65.4 Å². The van der Waals surface area contributed by atoms with Gasteiger partial charge in [0, 0.05) is 61.9 Å². The number of β-amino-alcohol motifs (C(OH)–C–C–N with tert-alkyl or cyclic N) is 1. The van der Waals surface area contributed by atoms with Crippen LogP contribution in [0.2, 0.25) is 0 Å². The molecule has 8 heteroatoms. The smallest absolute Gasteiger partial charge is 0.340 e. The van der Waals surface area contributed by atoms with Gasteiger partial charge < -0.3 is 24.0 Å². The van der Waals surface area contributed by atoms with E-state index in [4.69, 9.17) is 9.47 Å². The summed E-state index contributed by atoms with van der Waals surface area (Å²) in [5, 5.41) is 11.3. The van der Waals surface area contributed by atoms with Crippen molar-refractivity contribution < 1.29 is 24.2 Å². The van der Waals surface area contributed by atoms with Crippen LogP contribution in [-0.4, -0.2) is 83.4 Å². The molecule has 0 radical (unpaired) electrons. The number of aromatic nitrogens is 1. The largest absolute Gasteiger partial charge is 0.491 e. The average molecular weight is 480 g/mol. The summed E-state index contributed by atoms with van der Waals surface area (Å²) in [6, 6.07) is 14.9. The van der Waals surface area contributed by atoms with Crippen LogP contribution in [0.4, 0.5) is 0 Å². The Balaban J connectivity index is 1.31. The summed E-state index contributed by atoms with van der Waals surface area (Å²) in [7, 11) is 1.91. The number of hydrogen-bond donors (Lipinski definition) is 1. The van der Waals surface area contributed by atoms with E-state index in [1.54, 1.807) is 6.92 Å². The maximum absolute atomic E-state index is 12.6. The number of aryl methyl sites for hydroxylation is 1.